The van der Waals surface area contributed by atoms with Gasteiger partial charge >= 0.3 is 0 Å². The number of unbranched alkanes of at least 4 members (excludes halogenated alkanes) is 31. The van der Waals surface area contributed by atoms with Crippen LogP contribution in [0.15, 0.2) is 24.3 Å². The first-order chi connectivity index (χ1) is 28.5. The highest BCUT2D eigenvalue weighted by atomic mass is 31.2. The third-order valence-corrected chi connectivity index (χ3v) is 12.4. The molecule has 3 atom stereocenters. The maximum atomic E-state index is 12.9. The fourth-order valence-electron chi connectivity index (χ4n) is 7.41. The molecule has 0 heterocycles. The Hall–Kier alpha value is -1.02. The zero-order valence-corrected chi connectivity index (χ0v) is 40.6. The summed E-state index contributed by atoms with van der Waals surface area (Å²) < 4.78 is 23.2. The molecule has 0 aromatic carbocycles. The van der Waals surface area contributed by atoms with Gasteiger partial charge in [-0.25, -0.2) is 0 Å². The Balaban J connectivity index is 4.30. The normalized spacial score (nSPS) is 14.4. The molecule has 0 saturated heterocycles. The largest absolute Gasteiger partial charge is 0.756 e. The van der Waals surface area contributed by atoms with Crippen molar-refractivity contribution >= 4 is 13.7 Å². The number of rotatable bonds is 46. The van der Waals surface area contributed by atoms with Gasteiger partial charge in [0.25, 0.3) is 7.82 Å². The van der Waals surface area contributed by atoms with Gasteiger partial charge in [0.05, 0.1) is 39.9 Å². The van der Waals surface area contributed by atoms with E-state index in [2.05, 4.69) is 31.3 Å². The zero-order chi connectivity index (χ0) is 43.6. The van der Waals surface area contributed by atoms with Crippen molar-refractivity contribution in [3.8, 4) is 0 Å². The number of carbonyl (C=O) groups excluding carboxylic acids is 1. The van der Waals surface area contributed by atoms with Gasteiger partial charge in [0, 0.05) is 6.42 Å². The van der Waals surface area contributed by atoms with Crippen LogP contribution in [-0.4, -0.2) is 68.5 Å². The van der Waals surface area contributed by atoms with Crippen LogP contribution < -0.4 is 10.2 Å². The van der Waals surface area contributed by atoms with E-state index in [1.165, 1.54) is 180 Å². The van der Waals surface area contributed by atoms with Gasteiger partial charge < -0.3 is 28.8 Å². The first-order valence-electron chi connectivity index (χ1n) is 25.2. The number of amides is 1. The van der Waals surface area contributed by atoms with Crippen molar-refractivity contribution in [3.63, 3.8) is 0 Å². The number of phosphoric ester groups is 1. The fraction of sp³-hybridized carbons (Fsp3) is 0.900. The van der Waals surface area contributed by atoms with Crippen molar-refractivity contribution in [2.75, 3.05) is 40.9 Å². The molecule has 0 aliphatic heterocycles. The van der Waals surface area contributed by atoms with Gasteiger partial charge in [-0.05, 0) is 32.1 Å². The van der Waals surface area contributed by atoms with E-state index in [0.29, 0.717) is 17.4 Å². The van der Waals surface area contributed by atoms with Crippen LogP contribution in [-0.2, 0) is 18.4 Å². The average Bonchev–Trinajstić information content (AvgIpc) is 3.19. The SMILES string of the molecule is CCCCCCCCCCCCCCCCCCCC/C=C/CC/C=C/C(O)C(COP(=O)([O-])OCC[N+](C)(C)C)NC(=O)CCCCCCCCCCCCCCC. The van der Waals surface area contributed by atoms with Crippen molar-refractivity contribution in [2.45, 2.75) is 251 Å². The zero-order valence-electron chi connectivity index (χ0n) is 39.7. The van der Waals surface area contributed by atoms with Gasteiger partial charge in [0.15, 0.2) is 0 Å². The summed E-state index contributed by atoms with van der Waals surface area (Å²) in [6.45, 7) is 4.64. The van der Waals surface area contributed by atoms with E-state index in [1.54, 1.807) is 6.08 Å². The lowest BCUT2D eigenvalue weighted by Crippen LogP contribution is -2.45. The van der Waals surface area contributed by atoms with Crippen molar-refractivity contribution in [3.05, 3.63) is 24.3 Å². The third kappa shape index (κ3) is 44.8. The highest BCUT2D eigenvalue weighted by molar-refractivity contribution is 7.45. The number of nitrogens with zero attached hydrogens (tertiary/aromatic N) is 1. The summed E-state index contributed by atoms with van der Waals surface area (Å²) in [7, 11) is 1.25. The van der Waals surface area contributed by atoms with E-state index < -0.39 is 20.0 Å². The highest BCUT2D eigenvalue weighted by Crippen LogP contribution is 2.38. The Labute approximate surface area is 366 Å². The molecule has 9 heteroatoms. The maximum absolute atomic E-state index is 12.9. The van der Waals surface area contributed by atoms with Gasteiger partial charge in [0.2, 0.25) is 5.91 Å². The van der Waals surface area contributed by atoms with E-state index in [1.807, 2.05) is 27.2 Å². The minimum absolute atomic E-state index is 0.00411. The predicted molar refractivity (Wildman–Crippen MR) is 252 cm³/mol. The van der Waals surface area contributed by atoms with E-state index in [4.69, 9.17) is 9.05 Å². The molecule has 0 rings (SSSR count). The van der Waals surface area contributed by atoms with Crippen LogP contribution in [0.2, 0.25) is 0 Å². The molecule has 2 N–H and O–H groups in total. The quantitative estimate of drug-likeness (QED) is 0.0273. The average molecular weight is 855 g/mol. The van der Waals surface area contributed by atoms with Crippen LogP contribution in [0.3, 0.4) is 0 Å². The number of allylic oxidation sites excluding steroid dienone is 3. The minimum Gasteiger partial charge on any atom is -0.756 e. The summed E-state index contributed by atoms with van der Waals surface area (Å²) in [6.07, 6.45) is 51.0. The number of carbonyl (C=O) groups is 1. The standard InChI is InChI=1S/C50H99N2O6P/c1-6-8-10-12-14-16-18-20-21-22-23-24-25-26-27-28-29-30-32-33-35-37-39-41-43-49(53)48(47-58-59(55,56)57-46-45-52(3,4)5)51-50(54)44-42-40-38-36-34-31-19-17-15-13-11-9-7-2/h33,35,41,43,48-49,53H,6-32,34,36-40,42,44-47H2,1-5H3,(H-,51,54,55,56)/b35-33+,43-41+. The lowest BCUT2D eigenvalue weighted by atomic mass is 10.0. The molecular weight excluding hydrogens is 756 g/mol. The molecule has 8 nitrogen and oxygen atoms in total. The molecule has 350 valence electrons. The van der Waals surface area contributed by atoms with Gasteiger partial charge in [-0.3, -0.25) is 9.36 Å². The number of quaternary nitrogens is 1. The van der Waals surface area contributed by atoms with Gasteiger partial charge in [0.1, 0.15) is 13.2 Å². The Bertz CT molecular complexity index is 1020. The minimum atomic E-state index is -4.59. The number of hydrogen-bond donors (Lipinski definition) is 2. The number of aliphatic hydroxyl groups is 1. The molecule has 0 aliphatic carbocycles. The summed E-state index contributed by atoms with van der Waals surface area (Å²) >= 11 is 0. The Kier molecular flexibility index (Phi) is 41.6. The van der Waals surface area contributed by atoms with Crippen molar-refractivity contribution in [1.29, 1.82) is 0 Å². The van der Waals surface area contributed by atoms with Crippen LogP contribution in [0.5, 0.6) is 0 Å². The monoisotopic (exact) mass is 855 g/mol. The lowest BCUT2D eigenvalue weighted by Gasteiger charge is -2.29. The van der Waals surface area contributed by atoms with Gasteiger partial charge in [-0.1, -0.05) is 224 Å². The number of nitrogens with one attached hydrogen (secondary N) is 1. The third-order valence-electron chi connectivity index (χ3n) is 11.4. The smallest absolute Gasteiger partial charge is 0.268 e. The van der Waals surface area contributed by atoms with Crippen molar-refractivity contribution in [1.82, 2.24) is 5.32 Å². The highest BCUT2D eigenvalue weighted by Gasteiger charge is 2.23. The van der Waals surface area contributed by atoms with Crippen molar-refractivity contribution < 1.29 is 32.9 Å². The molecule has 0 bridgehead atoms. The number of likely N-dealkylation sites (N-methyl/N-ethyl adjacent to an activating group) is 1. The molecule has 59 heavy (non-hydrogen) atoms. The molecule has 0 saturated carbocycles. The molecule has 0 aromatic rings. The second-order valence-corrected chi connectivity index (χ2v) is 19.9. The first-order valence-corrected chi connectivity index (χ1v) is 26.7. The van der Waals surface area contributed by atoms with Crippen molar-refractivity contribution in [2.24, 2.45) is 0 Å². The predicted octanol–water partition coefficient (Wildman–Crippen LogP) is 13.8. The summed E-state index contributed by atoms with van der Waals surface area (Å²) in [6, 6.07) is -0.898. The van der Waals surface area contributed by atoms with Gasteiger partial charge in [-0.2, -0.15) is 0 Å². The van der Waals surface area contributed by atoms with E-state index in [0.717, 1.165) is 38.5 Å². The molecule has 0 aliphatic rings. The number of phosphoric acid groups is 1. The fourth-order valence-corrected chi connectivity index (χ4v) is 8.13. The lowest BCUT2D eigenvalue weighted by molar-refractivity contribution is -0.870. The summed E-state index contributed by atoms with van der Waals surface area (Å²) in [5, 5.41) is 13.8. The second-order valence-electron chi connectivity index (χ2n) is 18.5. The molecular formula is C50H99N2O6P. The van der Waals surface area contributed by atoms with E-state index in [-0.39, 0.29) is 19.1 Å². The van der Waals surface area contributed by atoms with Crippen LogP contribution in [0.4, 0.5) is 0 Å². The molecule has 0 spiro atoms. The Morgan fingerprint density at radius 3 is 1.37 bits per heavy atom. The molecule has 1 amide bonds. The van der Waals surface area contributed by atoms with E-state index in [9.17, 15) is 19.4 Å². The van der Waals surface area contributed by atoms with Gasteiger partial charge in [-0.15, -0.1) is 0 Å². The maximum Gasteiger partial charge on any atom is 0.268 e. The second kappa shape index (κ2) is 42.3. The summed E-state index contributed by atoms with van der Waals surface area (Å²) in [5.41, 5.74) is 0. The van der Waals surface area contributed by atoms with Crippen LogP contribution in [0.1, 0.15) is 239 Å². The molecule has 0 fully saturated rings. The summed E-state index contributed by atoms with van der Waals surface area (Å²) in [5.74, 6) is -0.205. The Morgan fingerprint density at radius 1 is 0.576 bits per heavy atom. The van der Waals surface area contributed by atoms with Crippen LogP contribution >= 0.6 is 7.82 Å². The molecule has 0 aromatic heterocycles. The first kappa shape index (κ1) is 58.0. The molecule has 0 radical (unpaired) electrons. The topological polar surface area (TPSA) is 108 Å². The summed E-state index contributed by atoms with van der Waals surface area (Å²) in [4.78, 5) is 25.3. The van der Waals surface area contributed by atoms with Crippen LogP contribution in [0.25, 0.3) is 0 Å². The molecule has 3 unspecified atom stereocenters. The number of aliphatic hydroxyl groups excluding tert-OH is 1. The Morgan fingerprint density at radius 2 is 0.949 bits per heavy atom. The van der Waals surface area contributed by atoms with Crippen LogP contribution in [0, 0.1) is 0 Å². The van der Waals surface area contributed by atoms with E-state index >= 15 is 0 Å². The number of hydrogen-bond acceptors (Lipinski definition) is 6.